The minimum absolute atomic E-state index is 0.789. The summed E-state index contributed by atoms with van der Waals surface area (Å²) in [4.78, 5) is 19.3. The second-order valence-electron chi connectivity index (χ2n) is 7.23. The lowest BCUT2D eigenvalue weighted by Crippen LogP contribution is -2.30. The highest BCUT2D eigenvalue weighted by Crippen LogP contribution is 2.25. The van der Waals surface area contributed by atoms with E-state index in [-0.39, 0.29) is 0 Å². The van der Waals surface area contributed by atoms with Gasteiger partial charge in [0.15, 0.2) is 5.82 Å². The van der Waals surface area contributed by atoms with Crippen molar-refractivity contribution >= 4 is 10.9 Å². The van der Waals surface area contributed by atoms with Crippen molar-refractivity contribution in [3.63, 3.8) is 0 Å². The average molecular weight is 355 g/mol. The molecule has 1 N–H and O–H groups in total. The summed E-state index contributed by atoms with van der Waals surface area (Å²) in [6.07, 6.45) is 8.65. The van der Waals surface area contributed by atoms with Crippen molar-refractivity contribution in [2.45, 2.75) is 26.4 Å². The molecule has 0 spiro atoms. The second kappa shape index (κ2) is 6.59. The number of H-pyrrole nitrogens is 1. The Bertz CT molecular complexity index is 1100. The van der Waals surface area contributed by atoms with Crippen molar-refractivity contribution in [1.82, 2.24) is 24.8 Å². The lowest BCUT2D eigenvalue weighted by molar-refractivity contribution is 0.244. The van der Waals surface area contributed by atoms with E-state index in [1.165, 1.54) is 33.3 Å². The van der Waals surface area contributed by atoms with E-state index in [1.54, 1.807) is 12.4 Å². The summed E-state index contributed by atoms with van der Waals surface area (Å²) in [5, 5.41) is 1.32. The Balaban J connectivity index is 1.37. The van der Waals surface area contributed by atoms with E-state index in [1.807, 2.05) is 18.3 Å². The number of fused-ring (bicyclic) bond motifs is 2. The van der Waals surface area contributed by atoms with E-state index in [9.17, 15) is 0 Å². The lowest BCUT2D eigenvalue weighted by Gasteiger charge is -2.27. The molecule has 1 aromatic carbocycles. The number of nitrogens with zero attached hydrogens (tertiary/aromatic N) is 4. The third-order valence-corrected chi connectivity index (χ3v) is 5.27. The quantitative estimate of drug-likeness (QED) is 0.606. The first-order valence-electron chi connectivity index (χ1n) is 9.30. The largest absolute Gasteiger partial charge is 0.361 e. The minimum atomic E-state index is 0.789. The highest BCUT2D eigenvalue weighted by molar-refractivity contribution is 5.83. The molecule has 0 amide bonds. The summed E-state index contributed by atoms with van der Waals surface area (Å²) in [5.74, 6) is 0.789. The third-order valence-electron chi connectivity index (χ3n) is 5.27. The first kappa shape index (κ1) is 16.1. The molecule has 0 saturated carbocycles. The van der Waals surface area contributed by atoms with Crippen molar-refractivity contribution in [3.8, 4) is 11.4 Å². The molecule has 0 aliphatic carbocycles. The first-order valence-corrected chi connectivity index (χ1v) is 9.30. The van der Waals surface area contributed by atoms with Crippen LogP contribution in [-0.4, -0.2) is 31.4 Å². The number of benzene rings is 1. The fourth-order valence-electron chi connectivity index (χ4n) is 3.81. The molecule has 4 heterocycles. The monoisotopic (exact) mass is 355 g/mol. The van der Waals surface area contributed by atoms with E-state index in [4.69, 9.17) is 4.98 Å². The Morgan fingerprint density at radius 3 is 2.93 bits per heavy atom. The maximum atomic E-state index is 4.80. The molecule has 0 atom stereocenters. The molecule has 5 heteroatoms. The Kier molecular flexibility index (Phi) is 3.94. The van der Waals surface area contributed by atoms with Gasteiger partial charge in [-0.1, -0.05) is 11.6 Å². The molecule has 0 bridgehead atoms. The van der Waals surface area contributed by atoms with Crippen LogP contribution in [0.2, 0.25) is 0 Å². The van der Waals surface area contributed by atoms with Gasteiger partial charge in [0.05, 0.1) is 5.69 Å². The molecule has 4 aromatic rings. The highest BCUT2D eigenvalue weighted by atomic mass is 15.1. The number of aromatic amines is 1. The van der Waals surface area contributed by atoms with E-state index >= 15 is 0 Å². The molecule has 1 aliphatic heterocycles. The maximum absolute atomic E-state index is 4.80. The van der Waals surface area contributed by atoms with Gasteiger partial charge >= 0.3 is 0 Å². The van der Waals surface area contributed by atoms with Gasteiger partial charge in [-0.3, -0.25) is 9.88 Å². The number of aryl methyl sites for hydroxylation is 1. The topological polar surface area (TPSA) is 57.7 Å². The zero-order valence-electron chi connectivity index (χ0n) is 15.3. The van der Waals surface area contributed by atoms with E-state index in [0.717, 1.165) is 37.4 Å². The standard InChI is InChI=1S/C22H21N5/c1-15-2-3-21-19(10-15)17(11-24-21)13-27-9-6-20-18(14-27)12-25-22(26-20)16-4-7-23-8-5-16/h2-5,7-8,10-12,24H,6,9,13-14H2,1H3. The van der Waals surface area contributed by atoms with E-state index < -0.39 is 0 Å². The fourth-order valence-corrected chi connectivity index (χ4v) is 3.81. The summed E-state index contributed by atoms with van der Waals surface area (Å²) in [6.45, 7) is 4.99. The van der Waals surface area contributed by atoms with Crippen LogP contribution in [0.5, 0.6) is 0 Å². The predicted molar refractivity (Wildman–Crippen MR) is 106 cm³/mol. The van der Waals surface area contributed by atoms with Gasteiger partial charge in [0.2, 0.25) is 0 Å². The van der Waals surface area contributed by atoms with Gasteiger partial charge < -0.3 is 4.98 Å². The van der Waals surface area contributed by atoms with Crippen molar-refractivity contribution in [3.05, 3.63) is 77.5 Å². The molecule has 134 valence electrons. The third kappa shape index (κ3) is 3.11. The summed E-state index contributed by atoms with van der Waals surface area (Å²) >= 11 is 0. The van der Waals surface area contributed by atoms with Crippen molar-refractivity contribution in [2.24, 2.45) is 0 Å². The Hall–Kier alpha value is -3.05. The van der Waals surface area contributed by atoms with Gasteiger partial charge in [-0.25, -0.2) is 9.97 Å². The van der Waals surface area contributed by atoms with Gasteiger partial charge in [0.25, 0.3) is 0 Å². The van der Waals surface area contributed by atoms with Crippen LogP contribution in [0.4, 0.5) is 0 Å². The molecular weight excluding hydrogens is 334 g/mol. The normalized spacial score (nSPS) is 14.4. The number of hydrogen-bond donors (Lipinski definition) is 1. The molecule has 1 aliphatic rings. The van der Waals surface area contributed by atoms with Crippen LogP contribution in [0.3, 0.4) is 0 Å². The molecule has 3 aromatic heterocycles. The number of nitrogens with one attached hydrogen (secondary N) is 1. The Morgan fingerprint density at radius 1 is 1.15 bits per heavy atom. The summed E-state index contributed by atoms with van der Waals surface area (Å²) in [5.41, 5.74) is 7.27. The molecule has 0 saturated heterocycles. The van der Waals surface area contributed by atoms with Crippen LogP contribution in [-0.2, 0) is 19.5 Å². The van der Waals surface area contributed by atoms with Crippen molar-refractivity contribution in [2.75, 3.05) is 6.54 Å². The maximum Gasteiger partial charge on any atom is 0.159 e. The van der Waals surface area contributed by atoms with Crippen LogP contribution >= 0.6 is 0 Å². The molecule has 27 heavy (non-hydrogen) atoms. The Morgan fingerprint density at radius 2 is 2.04 bits per heavy atom. The summed E-state index contributed by atoms with van der Waals surface area (Å²) < 4.78 is 0. The van der Waals surface area contributed by atoms with Gasteiger partial charge in [0.1, 0.15) is 0 Å². The number of rotatable bonds is 3. The lowest BCUT2D eigenvalue weighted by atomic mass is 10.0. The number of pyridine rings is 1. The first-order chi connectivity index (χ1) is 13.3. The summed E-state index contributed by atoms with van der Waals surface area (Å²) in [6, 6.07) is 10.5. The molecule has 0 unspecified atom stereocenters. The van der Waals surface area contributed by atoms with Crippen LogP contribution in [0.1, 0.15) is 22.4 Å². The van der Waals surface area contributed by atoms with Crippen LogP contribution in [0.15, 0.2) is 55.1 Å². The molecule has 5 rings (SSSR count). The van der Waals surface area contributed by atoms with Crippen molar-refractivity contribution < 1.29 is 0 Å². The van der Waals surface area contributed by atoms with Crippen molar-refractivity contribution in [1.29, 1.82) is 0 Å². The van der Waals surface area contributed by atoms with Gasteiger partial charge in [-0.15, -0.1) is 0 Å². The highest BCUT2D eigenvalue weighted by Gasteiger charge is 2.20. The van der Waals surface area contributed by atoms with E-state index in [2.05, 4.69) is 51.2 Å². The van der Waals surface area contributed by atoms with Crippen LogP contribution in [0.25, 0.3) is 22.3 Å². The SMILES string of the molecule is Cc1ccc2[nH]cc(CN3CCc4nc(-c5ccncc5)ncc4C3)c2c1. The van der Waals surface area contributed by atoms with Crippen LogP contribution < -0.4 is 0 Å². The Labute approximate surface area is 158 Å². The second-order valence-corrected chi connectivity index (χ2v) is 7.23. The van der Waals surface area contributed by atoms with Gasteiger partial charge in [-0.2, -0.15) is 0 Å². The fraction of sp³-hybridized carbons (Fsp3) is 0.227. The zero-order chi connectivity index (χ0) is 18.2. The molecule has 5 nitrogen and oxygen atoms in total. The van der Waals surface area contributed by atoms with Crippen LogP contribution in [0, 0.1) is 6.92 Å². The van der Waals surface area contributed by atoms with E-state index in [0.29, 0.717) is 0 Å². The number of hydrogen-bond acceptors (Lipinski definition) is 4. The smallest absolute Gasteiger partial charge is 0.159 e. The molecular formula is C22H21N5. The molecule has 0 fully saturated rings. The van der Waals surface area contributed by atoms with Gasteiger partial charge in [0, 0.05) is 72.9 Å². The van der Waals surface area contributed by atoms with Gasteiger partial charge in [-0.05, 0) is 36.8 Å². The summed E-state index contributed by atoms with van der Waals surface area (Å²) in [7, 11) is 0. The molecule has 0 radical (unpaired) electrons. The average Bonchev–Trinajstić information content (AvgIpc) is 3.10. The zero-order valence-corrected chi connectivity index (χ0v) is 15.3. The number of aromatic nitrogens is 4. The predicted octanol–water partition coefficient (Wildman–Crippen LogP) is 3.89. The minimum Gasteiger partial charge on any atom is -0.361 e.